The first-order valence-corrected chi connectivity index (χ1v) is 5.37. The normalized spacial score (nSPS) is 10.5. The Labute approximate surface area is 104 Å². The molecule has 0 saturated heterocycles. The van der Waals surface area contributed by atoms with Gasteiger partial charge >= 0.3 is 5.97 Å². The lowest BCUT2D eigenvalue weighted by Gasteiger charge is -2.06. The zero-order valence-corrected chi connectivity index (χ0v) is 10.3. The highest BCUT2D eigenvalue weighted by atomic mass is 79.9. The van der Waals surface area contributed by atoms with Crippen molar-refractivity contribution in [3.63, 3.8) is 0 Å². The van der Waals surface area contributed by atoms with Crippen LogP contribution in [-0.4, -0.2) is 24.0 Å². The molecule has 0 aliphatic heterocycles. The van der Waals surface area contributed by atoms with Crippen LogP contribution in [0.15, 0.2) is 27.3 Å². The molecule has 0 unspecified atom stereocenters. The van der Waals surface area contributed by atoms with E-state index in [1.807, 2.05) is 0 Å². The van der Waals surface area contributed by atoms with E-state index in [2.05, 4.69) is 15.9 Å². The summed E-state index contributed by atoms with van der Waals surface area (Å²) in [5, 5.41) is 9.30. The molecule has 0 aliphatic carbocycles. The first-order valence-electron chi connectivity index (χ1n) is 4.57. The Kier molecular flexibility index (Phi) is 2.89. The van der Waals surface area contributed by atoms with Gasteiger partial charge in [0.05, 0.1) is 13.4 Å². The van der Waals surface area contributed by atoms with Gasteiger partial charge in [-0.05, 0) is 28.1 Å². The number of fused-ring (bicyclic) bond motifs is 1. The van der Waals surface area contributed by atoms with E-state index in [0.717, 1.165) is 0 Å². The topological polar surface area (TPSA) is 76.7 Å². The number of carboxylic acid groups (broad SMARTS) is 1. The van der Waals surface area contributed by atoms with Crippen molar-refractivity contribution in [2.75, 3.05) is 7.11 Å². The van der Waals surface area contributed by atoms with Crippen LogP contribution in [0.2, 0.25) is 0 Å². The molecule has 0 saturated carbocycles. The fourth-order valence-electron chi connectivity index (χ4n) is 1.51. The number of methoxy groups -OCH3 is 1. The van der Waals surface area contributed by atoms with Gasteiger partial charge in [-0.2, -0.15) is 0 Å². The number of furan rings is 1. The number of carbonyl (C=O) groups is 2. The summed E-state index contributed by atoms with van der Waals surface area (Å²) in [4.78, 5) is 22.2. The molecule has 1 aromatic carbocycles. The average molecular weight is 299 g/mol. The molecule has 17 heavy (non-hydrogen) atoms. The van der Waals surface area contributed by atoms with Gasteiger partial charge in [0.15, 0.2) is 11.3 Å². The maximum Gasteiger partial charge on any atom is 0.377 e. The Morgan fingerprint density at radius 2 is 2.18 bits per heavy atom. The van der Waals surface area contributed by atoms with Crippen LogP contribution in [0, 0.1) is 0 Å². The molecule has 0 bridgehead atoms. The molecule has 1 N–H and O–H groups in total. The fraction of sp³-hybridized carbons (Fsp3) is 0.0909. The number of rotatable bonds is 3. The van der Waals surface area contributed by atoms with Crippen LogP contribution >= 0.6 is 15.9 Å². The highest BCUT2D eigenvalue weighted by Gasteiger charge is 2.22. The van der Waals surface area contributed by atoms with Crippen molar-refractivity contribution in [3.05, 3.63) is 28.4 Å². The van der Waals surface area contributed by atoms with Gasteiger partial charge in [0.1, 0.15) is 0 Å². The van der Waals surface area contributed by atoms with E-state index in [9.17, 15) is 9.59 Å². The second kappa shape index (κ2) is 4.21. The third-order valence-corrected chi connectivity index (χ3v) is 3.15. The number of hydrogen-bond donors (Lipinski definition) is 1. The maximum atomic E-state index is 11.5. The molecule has 0 atom stereocenters. The van der Waals surface area contributed by atoms with Crippen molar-refractivity contribution in [2.45, 2.75) is 0 Å². The first-order chi connectivity index (χ1) is 8.06. The number of benzene rings is 1. The number of Topliss-reactive ketones (excluding diaryl/α,β-unsaturated/α-hetero) is 1. The number of carbonyl (C=O) groups excluding carboxylic acids is 1. The van der Waals surface area contributed by atoms with Crippen molar-refractivity contribution in [1.82, 2.24) is 0 Å². The maximum absolute atomic E-state index is 11.5. The lowest BCUT2D eigenvalue weighted by Crippen LogP contribution is -2.13. The largest absolute Gasteiger partial charge is 0.493 e. The lowest BCUT2D eigenvalue weighted by molar-refractivity contribution is -0.131. The average Bonchev–Trinajstić information content (AvgIpc) is 2.78. The Morgan fingerprint density at radius 3 is 2.76 bits per heavy atom. The van der Waals surface area contributed by atoms with Crippen molar-refractivity contribution in [3.8, 4) is 5.75 Å². The molecule has 1 aromatic heterocycles. The number of ether oxygens (including phenoxy) is 1. The predicted molar refractivity (Wildman–Crippen MR) is 62.4 cm³/mol. The molecule has 88 valence electrons. The second-order valence-electron chi connectivity index (χ2n) is 3.24. The second-order valence-corrected chi connectivity index (χ2v) is 4.03. The minimum atomic E-state index is -1.52. The number of hydrogen-bond acceptors (Lipinski definition) is 4. The summed E-state index contributed by atoms with van der Waals surface area (Å²) in [6, 6.07) is 2.97. The van der Waals surface area contributed by atoms with E-state index >= 15 is 0 Å². The minimum Gasteiger partial charge on any atom is -0.493 e. The summed E-state index contributed by atoms with van der Waals surface area (Å²) in [7, 11) is 1.42. The van der Waals surface area contributed by atoms with Crippen molar-refractivity contribution < 1.29 is 23.8 Å². The Morgan fingerprint density at radius 1 is 1.47 bits per heavy atom. The molecule has 0 amide bonds. The van der Waals surface area contributed by atoms with Gasteiger partial charge < -0.3 is 14.3 Å². The van der Waals surface area contributed by atoms with Crippen molar-refractivity contribution in [1.29, 1.82) is 0 Å². The zero-order valence-electron chi connectivity index (χ0n) is 8.69. The Balaban J connectivity index is 2.76. The van der Waals surface area contributed by atoms with Crippen LogP contribution in [0.4, 0.5) is 0 Å². The van der Waals surface area contributed by atoms with E-state index in [1.165, 1.54) is 19.4 Å². The molecule has 0 spiro atoms. The smallest absolute Gasteiger partial charge is 0.377 e. The van der Waals surface area contributed by atoms with Crippen LogP contribution in [0.25, 0.3) is 11.0 Å². The standard InChI is InChI=1S/C11H7BrO5/c1-16-7-4-6(9(13)11(14)15)8(12)5-2-3-17-10(5)7/h2-4H,1H3,(H,14,15). The predicted octanol–water partition coefficient (Wildman–Crippen LogP) is 2.47. The Hall–Kier alpha value is -1.82. The molecular formula is C11H7BrO5. The molecule has 2 aromatic rings. The summed E-state index contributed by atoms with van der Waals surface area (Å²) in [5.41, 5.74) is 0.490. The quantitative estimate of drug-likeness (QED) is 0.696. The summed E-state index contributed by atoms with van der Waals surface area (Å²) in [6.07, 6.45) is 1.44. The number of halogens is 1. The molecule has 0 aliphatic rings. The Bertz CT molecular complexity index is 614. The summed E-state index contributed by atoms with van der Waals surface area (Å²) in [5.74, 6) is -2.20. The van der Waals surface area contributed by atoms with Crippen molar-refractivity contribution >= 4 is 38.7 Å². The van der Waals surface area contributed by atoms with E-state index in [4.69, 9.17) is 14.3 Å². The summed E-state index contributed by atoms with van der Waals surface area (Å²) < 4.78 is 10.6. The van der Waals surface area contributed by atoms with Gasteiger partial charge in [-0.15, -0.1) is 0 Å². The molecule has 1 heterocycles. The van der Waals surface area contributed by atoms with Gasteiger partial charge in [0.2, 0.25) is 0 Å². The third kappa shape index (κ3) is 1.80. The molecule has 0 radical (unpaired) electrons. The third-order valence-electron chi connectivity index (χ3n) is 2.30. The lowest BCUT2D eigenvalue weighted by atomic mass is 10.1. The fourth-order valence-corrected chi connectivity index (χ4v) is 2.12. The van der Waals surface area contributed by atoms with E-state index < -0.39 is 11.8 Å². The van der Waals surface area contributed by atoms with Crippen LogP contribution in [0.1, 0.15) is 10.4 Å². The molecule has 6 heteroatoms. The van der Waals surface area contributed by atoms with Gasteiger partial charge in [-0.25, -0.2) is 4.79 Å². The monoisotopic (exact) mass is 298 g/mol. The SMILES string of the molecule is COc1cc(C(=O)C(=O)O)c(Br)c2ccoc12. The molecule has 2 rings (SSSR count). The van der Waals surface area contributed by atoms with Crippen LogP contribution in [0.5, 0.6) is 5.75 Å². The number of aliphatic carboxylic acids is 1. The highest BCUT2D eigenvalue weighted by Crippen LogP contribution is 2.35. The number of ketones is 1. The van der Waals surface area contributed by atoms with E-state index in [1.54, 1.807) is 6.07 Å². The van der Waals surface area contributed by atoms with Crippen LogP contribution in [-0.2, 0) is 4.79 Å². The minimum absolute atomic E-state index is 0.0308. The van der Waals surface area contributed by atoms with Gasteiger partial charge in [0, 0.05) is 15.4 Å². The summed E-state index contributed by atoms with van der Waals surface area (Å²) in [6.45, 7) is 0. The highest BCUT2D eigenvalue weighted by molar-refractivity contribution is 9.10. The van der Waals surface area contributed by atoms with E-state index in [0.29, 0.717) is 21.2 Å². The molecule has 5 nitrogen and oxygen atoms in total. The van der Waals surface area contributed by atoms with Crippen LogP contribution in [0.3, 0.4) is 0 Å². The van der Waals surface area contributed by atoms with Gasteiger partial charge in [0.25, 0.3) is 5.78 Å². The van der Waals surface area contributed by atoms with E-state index in [-0.39, 0.29) is 5.56 Å². The summed E-state index contributed by atoms with van der Waals surface area (Å²) >= 11 is 3.19. The molecule has 0 fully saturated rings. The van der Waals surface area contributed by atoms with Gasteiger partial charge in [-0.3, -0.25) is 4.79 Å². The van der Waals surface area contributed by atoms with Crippen molar-refractivity contribution in [2.24, 2.45) is 0 Å². The molecular weight excluding hydrogens is 292 g/mol. The van der Waals surface area contributed by atoms with Crippen LogP contribution < -0.4 is 4.74 Å². The number of carboxylic acids is 1. The zero-order chi connectivity index (χ0) is 12.6. The first kappa shape index (κ1) is 11.7. The van der Waals surface area contributed by atoms with Gasteiger partial charge in [-0.1, -0.05) is 0 Å².